The molecule has 1 aliphatic rings. The second kappa shape index (κ2) is 6.71. The molecular formula is C12H16N4O3S. The summed E-state index contributed by atoms with van der Waals surface area (Å²) in [6, 6.07) is 7.80. The van der Waals surface area contributed by atoms with Gasteiger partial charge in [-0.1, -0.05) is 12.1 Å². The van der Waals surface area contributed by atoms with Gasteiger partial charge in [0.2, 0.25) is 0 Å². The quantitative estimate of drug-likeness (QED) is 0.808. The van der Waals surface area contributed by atoms with Crippen LogP contribution in [0.3, 0.4) is 0 Å². The zero-order valence-corrected chi connectivity index (χ0v) is 11.7. The second-order valence-electron chi connectivity index (χ2n) is 4.10. The van der Waals surface area contributed by atoms with E-state index < -0.39 is 10.2 Å². The van der Waals surface area contributed by atoms with E-state index in [1.165, 1.54) is 4.31 Å². The topological polar surface area (TPSA) is 98.4 Å². The van der Waals surface area contributed by atoms with E-state index in [0.717, 1.165) is 11.0 Å². The van der Waals surface area contributed by atoms with Crippen LogP contribution in [0.25, 0.3) is 11.0 Å². The molecule has 0 aliphatic carbocycles. The van der Waals surface area contributed by atoms with Crippen LogP contribution >= 0.6 is 0 Å². The van der Waals surface area contributed by atoms with E-state index in [4.69, 9.17) is 9.88 Å². The molecule has 2 heterocycles. The van der Waals surface area contributed by atoms with Crippen LogP contribution in [0.2, 0.25) is 0 Å². The lowest BCUT2D eigenvalue weighted by molar-refractivity contribution is 0.0730. The molecule has 0 unspecified atom stereocenters. The summed E-state index contributed by atoms with van der Waals surface area (Å²) in [5.74, 6) is 0. The van der Waals surface area contributed by atoms with Crippen molar-refractivity contribution in [1.29, 1.82) is 0 Å². The van der Waals surface area contributed by atoms with Crippen LogP contribution in [0.4, 0.5) is 0 Å². The minimum absolute atomic E-state index is 0.374. The van der Waals surface area contributed by atoms with Crippen LogP contribution in [0.1, 0.15) is 0 Å². The number of ether oxygens (including phenoxy) is 1. The van der Waals surface area contributed by atoms with Crippen molar-refractivity contribution in [2.24, 2.45) is 5.14 Å². The van der Waals surface area contributed by atoms with E-state index in [0.29, 0.717) is 26.3 Å². The lowest BCUT2D eigenvalue weighted by Gasteiger charge is -2.23. The van der Waals surface area contributed by atoms with Crippen molar-refractivity contribution in [3.63, 3.8) is 0 Å². The van der Waals surface area contributed by atoms with Gasteiger partial charge < -0.3 is 4.74 Å². The fraction of sp³-hybridized carbons (Fsp3) is 0.333. The summed E-state index contributed by atoms with van der Waals surface area (Å²) < 4.78 is 27.4. The van der Waals surface area contributed by atoms with Gasteiger partial charge in [0.05, 0.1) is 24.2 Å². The molecule has 0 amide bonds. The van der Waals surface area contributed by atoms with Crippen LogP contribution in [-0.2, 0) is 14.9 Å². The number of hydrogen-bond acceptors (Lipinski definition) is 5. The highest BCUT2D eigenvalue weighted by Gasteiger charge is 2.19. The largest absolute Gasteiger partial charge is 0.379 e. The number of aromatic nitrogens is 2. The van der Waals surface area contributed by atoms with E-state index in [1.54, 1.807) is 12.4 Å². The molecule has 8 heteroatoms. The van der Waals surface area contributed by atoms with E-state index in [1.807, 2.05) is 24.3 Å². The summed E-state index contributed by atoms with van der Waals surface area (Å²) in [5, 5.41) is 4.85. The maximum absolute atomic E-state index is 10.6. The lowest BCUT2D eigenvalue weighted by Crippen LogP contribution is -2.44. The Kier molecular flexibility index (Phi) is 4.96. The Morgan fingerprint density at radius 2 is 1.55 bits per heavy atom. The molecule has 1 aromatic heterocycles. The van der Waals surface area contributed by atoms with Crippen LogP contribution in [0.5, 0.6) is 0 Å². The van der Waals surface area contributed by atoms with Gasteiger partial charge in [0.1, 0.15) is 0 Å². The molecule has 0 spiro atoms. The molecule has 1 aromatic carbocycles. The van der Waals surface area contributed by atoms with E-state index in [-0.39, 0.29) is 0 Å². The van der Waals surface area contributed by atoms with Gasteiger partial charge in [-0.2, -0.15) is 12.7 Å². The molecular weight excluding hydrogens is 280 g/mol. The lowest BCUT2D eigenvalue weighted by atomic mass is 10.3. The molecule has 3 rings (SSSR count). The maximum atomic E-state index is 10.6. The fourth-order valence-electron chi connectivity index (χ4n) is 1.71. The number of hydrogen-bond donors (Lipinski definition) is 1. The average molecular weight is 296 g/mol. The van der Waals surface area contributed by atoms with Crippen LogP contribution in [0.15, 0.2) is 36.7 Å². The Hall–Kier alpha value is -1.61. The standard InChI is InChI=1S/C8H6N2.C4H10N2O3S/c1-2-4-8-7(3-1)9-5-6-10-8;5-10(7,8)6-1-3-9-4-2-6/h1-6H;1-4H2,(H2,5,7,8). The Morgan fingerprint density at radius 3 is 1.95 bits per heavy atom. The first kappa shape index (κ1) is 14.8. The van der Waals surface area contributed by atoms with Crippen LogP contribution < -0.4 is 5.14 Å². The van der Waals surface area contributed by atoms with Crippen molar-refractivity contribution in [1.82, 2.24) is 14.3 Å². The molecule has 0 radical (unpaired) electrons. The summed E-state index contributed by atoms with van der Waals surface area (Å²) in [4.78, 5) is 8.24. The van der Waals surface area contributed by atoms with Gasteiger partial charge >= 0.3 is 0 Å². The van der Waals surface area contributed by atoms with E-state index in [2.05, 4.69) is 9.97 Å². The first-order valence-corrected chi connectivity index (χ1v) is 7.59. The van der Waals surface area contributed by atoms with Gasteiger partial charge in [-0.25, -0.2) is 5.14 Å². The molecule has 2 N–H and O–H groups in total. The van der Waals surface area contributed by atoms with Crippen molar-refractivity contribution in [3.8, 4) is 0 Å². The minimum Gasteiger partial charge on any atom is -0.379 e. The van der Waals surface area contributed by atoms with Crippen molar-refractivity contribution in [2.45, 2.75) is 0 Å². The van der Waals surface area contributed by atoms with Gasteiger partial charge in [0, 0.05) is 25.5 Å². The average Bonchev–Trinajstić information content (AvgIpc) is 2.48. The molecule has 20 heavy (non-hydrogen) atoms. The maximum Gasteiger partial charge on any atom is 0.277 e. The van der Waals surface area contributed by atoms with Crippen molar-refractivity contribution in [3.05, 3.63) is 36.7 Å². The zero-order chi connectivity index (χ0) is 14.4. The van der Waals surface area contributed by atoms with Gasteiger partial charge in [-0.3, -0.25) is 9.97 Å². The number of fused-ring (bicyclic) bond motifs is 1. The summed E-state index contributed by atoms with van der Waals surface area (Å²) in [7, 11) is -3.47. The molecule has 2 aromatic rings. The molecule has 1 saturated heterocycles. The Balaban J connectivity index is 0.000000147. The molecule has 7 nitrogen and oxygen atoms in total. The van der Waals surface area contributed by atoms with E-state index in [9.17, 15) is 8.42 Å². The summed E-state index contributed by atoms with van der Waals surface area (Å²) in [6.07, 6.45) is 3.39. The highest BCUT2D eigenvalue weighted by atomic mass is 32.2. The first-order valence-electron chi connectivity index (χ1n) is 6.09. The third kappa shape index (κ3) is 4.20. The Bertz CT molecular complexity index is 591. The molecule has 108 valence electrons. The van der Waals surface area contributed by atoms with Crippen LogP contribution in [0, 0.1) is 0 Å². The number of para-hydroxylation sites is 2. The number of morpholine rings is 1. The van der Waals surface area contributed by atoms with Gasteiger partial charge in [-0.15, -0.1) is 0 Å². The number of rotatable bonds is 1. The summed E-state index contributed by atoms with van der Waals surface area (Å²) in [5.41, 5.74) is 1.90. The molecule has 0 bridgehead atoms. The third-order valence-electron chi connectivity index (χ3n) is 2.71. The number of nitrogens with zero attached hydrogens (tertiary/aromatic N) is 3. The van der Waals surface area contributed by atoms with Crippen molar-refractivity contribution in [2.75, 3.05) is 26.3 Å². The van der Waals surface area contributed by atoms with Crippen molar-refractivity contribution >= 4 is 21.2 Å². The predicted molar refractivity (Wildman–Crippen MR) is 75.0 cm³/mol. The highest BCUT2D eigenvalue weighted by Crippen LogP contribution is 2.04. The van der Waals surface area contributed by atoms with Crippen LogP contribution in [-0.4, -0.2) is 49.0 Å². The molecule has 1 fully saturated rings. The van der Waals surface area contributed by atoms with Gasteiger partial charge in [-0.05, 0) is 12.1 Å². The summed E-state index contributed by atoms with van der Waals surface area (Å²) in [6.45, 7) is 1.63. The predicted octanol–water partition coefficient (Wildman–Crippen LogP) is 0.152. The Labute approximate surface area is 117 Å². The molecule has 0 saturated carbocycles. The summed E-state index contributed by atoms with van der Waals surface area (Å²) >= 11 is 0. The first-order chi connectivity index (χ1) is 9.57. The second-order valence-corrected chi connectivity index (χ2v) is 5.65. The normalized spacial score (nSPS) is 16.4. The third-order valence-corrected chi connectivity index (χ3v) is 3.79. The minimum atomic E-state index is -3.47. The molecule has 1 aliphatic heterocycles. The van der Waals surface area contributed by atoms with Gasteiger partial charge in [0.15, 0.2) is 0 Å². The van der Waals surface area contributed by atoms with Crippen molar-refractivity contribution < 1.29 is 13.2 Å². The highest BCUT2D eigenvalue weighted by molar-refractivity contribution is 7.86. The SMILES string of the molecule is NS(=O)(=O)N1CCOCC1.c1ccc2nccnc2c1. The Morgan fingerprint density at radius 1 is 1.05 bits per heavy atom. The van der Waals surface area contributed by atoms with E-state index >= 15 is 0 Å². The number of nitrogens with two attached hydrogens (primary N) is 1. The zero-order valence-electron chi connectivity index (χ0n) is 10.8. The fourth-order valence-corrected chi connectivity index (χ4v) is 2.37. The smallest absolute Gasteiger partial charge is 0.277 e. The van der Waals surface area contributed by atoms with Gasteiger partial charge in [0.25, 0.3) is 10.2 Å². The number of benzene rings is 1. The molecule has 0 atom stereocenters. The monoisotopic (exact) mass is 296 g/mol.